The summed E-state index contributed by atoms with van der Waals surface area (Å²) in [6.07, 6.45) is 0.429. The minimum absolute atomic E-state index is 0.0702. The first-order chi connectivity index (χ1) is 8.99. The van der Waals surface area contributed by atoms with Crippen molar-refractivity contribution in [2.24, 2.45) is 11.7 Å². The molecular weight excluding hydrogens is 244 g/mol. The van der Waals surface area contributed by atoms with Gasteiger partial charge in [0.25, 0.3) is 5.91 Å². The van der Waals surface area contributed by atoms with E-state index in [4.69, 9.17) is 5.73 Å². The van der Waals surface area contributed by atoms with Crippen molar-refractivity contribution < 1.29 is 14.7 Å². The molecule has 5 nitrogen and oxygen atoms in total. The quantitative estimate of drug-likeness (QED) is 0.838. The van der Waals surface area contributed by atoms with Gasteiger partial charge in [0, 0.05) is 30.1 Å². The maximum absolute atomic E-state index is 12.2. The molecule has 19 heavy (non-hydrogen) atoms. The van der Waals surface area contributed by atoms with E-state index in [1.807, 2.05) is 0 Å². The van der Waals surface area contributed by atoms with Gasteiger partial charge in [0.05, 0.1) is 6.10 Å². The number of hydrogen-bond acceptors (Lipinski definition) is 3. The van der Waals surface area contributed by atoms with Gasteiger partial charge in [-0.25, -0.2) is 0 Å². The molecule has 3 N–H and O–H groups in total. The van der Waals surface area contributed by atoms with E-state index >= 15 is 0 Å². The van der Waals surface area contributed by atoms with Crippen LogP contribution >= 0.6 is 0 Å². The first-order valence-corrected chi connectivity index (χ1v) is 6.36. The summed E-state index contributed by atoms with van der Waals surface area (Å²) < 4.78 is 0. The molecule has 1 aromatic rings. The Bertz CT molecular complexity index is 482. The van der Waals surface area contributed by atoms with Crippen LogP contribution in [-0.2, 0) is 0 Å². The van der Waals surface area contributed by atoms with Gasteiger partial charge in [0.15, 0.2) is 0 Å². The predicted octanol–water partition coefficient (Wildman–Crippen LogP) is 0.628. The molecule has 1 aliphatic heterocycles. The predicted molar refractivity (Wildman–Crippen MR) is 70.7 cm³/mol. The number of aliphatic hydroxyl groups excluding tert-OH is 1. The van der Waals surface area contributed by atoms with Crippen LogP contribution in [0.2, 0.25) is 0 Å². The lowest BCUT2D eigenvalue weighted by Gasteiger charge is -2.17. The summed E-state index contributed by atoms with van der Waals surface area (Å²) in [7, 11) is 0. The Kier molecular flexibility index (Phi) is 3.85. The molecule has 0 bridgehead atoms. The fourth-order valence-electron chi connectivity index (χ4n) is 2.33. The standard InChI is InChI=1S/C14H18N2O3/c1-9(17)12-6-7-16(8-12)14(19)11-4-2-10(3-5-11)13(15)18/h2-5,9,12,17H,6-8H2,1H3,(H2,15,18). The second-order valence-corrected chi connectivity index (χ2v) is 4.98. The largest absolute Gasteiger partial charge is 0.393 e. The topological polar surface area (TPSA) is 83.6 Å². The Balaban J connectivity index is 2.06. The zero-order chi connectivity index (χ0) is 14.0. The maximum atomic E-state index is 12.2. The van der Waals surface area contributed by atoms with Crippen LogP contribution < -0.4 is 5.73 Å². The van der Waals surface area contributed by atoms with Crippen LogP contribution in [0.1, 0.15) is 34.1 Å². The number of aliphatic hydroxyl groups is 1. The first-order valence-electron chi connectivity index (χ1n) is 6.36. The number of likely N-dealkylation sites (tertiary alicyclic amines) is 1. The molecule has 1 saturated heterocycles. The number of carbonyl (C=O) groups is 2. The normalized spacial score (nSPS) is 20.3. The molecule has 0 radical (unpaired) electrons. The summed E-state index contributed by atoms with van der Waals surface area (Å²) >= 11 is 0. The second-order valence-electron chi connectivity index (χ2n) is 4.98. The van der Waals surface area contributed by atoms with Crippen LogP contribution in [0.4, 0.5) is 0 Å². The molecule has 1 heterocycles. The van der Waals surface area contributed by atoms with Crippen LogP contribution in [0.25, 0.3) is 0 Å². The van der Waals surface area contributed by atoms with E-state index in [1.54, 1.807) is 36.1 Å². The van der Waals surface area contributed by atoms with Gasteiger partial charge in [0.1, 0.15) is 0 Å². The van der Waals surface area contributed by atoms with Gasteiger partial charge in [-0.1, -0.05) is 0 Å². The summed E-state index contributed by atoms with van der Waals surface area (Å²) in [5, 5.41) is 9.53. The van der Waals surface area contributed by atoms with Crippen molar-refractivity contribution >= 4 is 11.8 Å². The summed E-state index contributed by atoms with van der Waals surface area (Å²) in [5.41, 5.74) is 6.08. The van der Waals surface area contributed by atoms with E-state index < -0.39 is 12.0 Å². The van der Waals surface area contributed by atoms with Crippen molar-refractivity contribution in [3.05, 3.63) is 35.4 Å². The third kappa shape index (κ3) is 2.93. The lowest BCUT2D eigenvalue weighted by Crippen LogP contribution is -2.30. The number of benzene rings is 1. The third-order valence-electron chi connectivity index (χ3n) is 3.61. The first kappa shape index (κ1) is 13.5. The SMILES string of the molecule is CC(O)C1CCN(C(=O)c2ccc(C(N)=O)cc2)C1. The molecule has 5 heteroatoms. The summed E-state index contributed by atoms with van der Waals surface area (Å²) in [6.45, 7) is 2.99. The van der Waals surface area contributed by atoms with Crippen molar-refractivity contribution in [1.82, 2.24) is 4.90 Å². The van der Waals surface area contributed by atoms with E-state index in [9.17, 15) is 14.7 Å². The highest BCUT2D eigenvalue weighted by Crippen LogP contribution is 2.21. The van der Waals surface area contributed by atoms with E-state index in [1.165, 1.54) is 0 Å². The molecule has 1 aromatic carbocycles. The number of carbonyl (C=O) groups excluding carboxylic acids is 2. The fraction of sp³-hybridized carbons (Fsp3) is 0.429. The highest BCUT2D eigenvalue weighted by Gasteiger charge is 2.29. The van der Waals surface area contributed by atoms with E-state index in [0.717, 1.165) is 6.42 Å². The Morgan fingerprint density at radius 3 is 2.37 bits per heavy atom. The molecule has 0 spiro atoms. The van der Waals surface area contributed by atoms with Crippen molar-refractivity contribution in [2.75, 3.05) is 13.1 Å². The second kappa shape index (κ2) is 5.40. The van der Waals surface area contributed by atoms with E-state index in [-0.39, 0.29) is 11.8 Å². The number of amides is 2. The van der Waals surface area contributed by atoms with Crippen LogP contribution in [-0.4, -0.2) is 41.0 Å². The summed E-state index contributed by atoms with van der Waals surface area (Å²) in [6, 6.07) is 6.33. The van der Waals surface area contributed by atoms with Crippen LogP contribution in [0.5, 0.6) is 0 Å². The molecule has 2 amide bonds. The zero-order valence-corrected chi connectivity index (χ0v) is 10.9. The minimum atomic E-state index is -0.505. The molecular formula is C14H18N2O3. The molecule has 2 rings (SSSR count). The Labute approximate surface area is 112 Å². The zero-order valence-electron chi connectivity index (χ0n) is 10.9. The molecule has 102 valence electrons. The summed E-state index contributed by atoms with van der Waals surface area (Å²) in [5.74, 6) is -0.428. The number of primary amides is 1. The Hall–Kier alpha value is -1.88. The molecule has 1 aliphatic rings. The minimum Gasteiger partial charge on any atom is -0.393 e. The third-order valence-corrected chi connectivity index (χ3v) is 3.61. The van der Waals surface area contributed by atoms with E-state index in [2.05, 4.69) is 0 Å². The fourth-order valence-corrected chi connectivity index (χ4v) is 2.33. The van der Waals surface area contributed by atoms with Gasteiger partial charge >= 0.3 is 0 Å². The number of nitrogens with two attached hydrogens (primary N) is 1. The smallest absolute Gasteiger partial charge is 0.253 e. The highest BCUT2D eigenvalue weighted by atomic mass is 16.3. The van der Waals surface area contributed by atoms with E-state index in [0.29, 0.717) is 24.2 Å². The van der Waals surface area contributed by atoms with Crippen LogP contribution in [0.3, 0.4) is 0 Å². The number of nitrogens with zero attached hydrogens (tertiary/aromatic N) is 1. The van der Waals surface area contributed by atoms with Gasteiger partial charge < -0.3 is 15.7 Å². The van der Waals surface area contributed by atoms with Crippen molar-refractivity contribution in [3.8, 4) is 0 Å². The molecule has 0 aliphatic carbocycles. The van der Waals surface area contributed by atoms with Crippen molar-refractivity contribution in [2.45, 2.75) is 19.4 Å². The van der Waals surface area contributed by atoms with Gasteiger partial charge in [0.2, 0.25) is 5.91 Å². The lowest BCUT2D eigenvalue weighted by molar-refractivity contribution is 0.0762. The highest BCUT2D eigenvalue weighted by molar-refractivity contribution is 5.97. The average molecular weight is 262 g/mol. The van der Waals surface area contributed by atoms with Crippen molar-refractivity contribution in [3.63, 3.8) is 0 Å². The van der Waals surface area contributed by atoms with Crippen LogP contribution in [0, 0.1) is 5.92 Å². The van der Waals surface area contributed by atoms with Gasteiger partial charge in [-0.15, -0.1) is 0 Å². The molecule has 0 saturated carbocycles. The lowest BCUT2D eigenvalue weighted by atomic mass is 10.0. The molecule has 0 aromatic heterocycles. The number of rotatable bonds is 3. The molecule has 2 atom stereocenters. The van der Waals surface area contributed by atoms with Gasteiger partial charge in [-0.05, 0) is 37.6 Å². The average Bonchev–Trinajstić information content (AvgIpc) is 2.87. The number of hydrogen-bond donors (Lipinski definition) is 2. The van der Waals surface area contributed by atoms with Crippen molar-refractivity contribution in [1.29, 1.82) is 0 Å². The van der Waals surface area contributed by atoms with Crippen LogP contribution in [0.15, 0.2) is 24.3 Å². The van der Waals surface area contributed by atoms with Gasteiger partial charge in [-0.2, -0.15) is 0 Å². The Morgan fingerprint density at radius 2 is 1.89 bits per heavy atom. The monoisotopic (exact) mass is 262 g/mol. The molecule has 1 fully saturated rings. The summed E-state index contributed by atoms with van der Waals surface area (Å²) in [4.78, 5) is 24.9. The van der Waals surface area contributed by atoms with Gasteiger partial charge in [-0.3, -0.25) is 9.59 Å². The molecule has 2 unspecified atom stereocenters. The maximum Gasteiger partial charge on any atom is 0.253 e. The Morgan fingerprint density at radius 1 is 1.32 bits per heavy atom.